The summed E-state index contributed by atoms with van der Waals surface area (Å²) in [5.41, 5.74) is 6.19. The smallest absolute Gasteiger partial charge is 0.253 e. The number of amides is 1. The van der Waals surface area contributed by atoms with Gasteiger partial charge in [0, 0.05) is 32.3 Å². The maximum absolute atomic E-state index is 12.7. The van der Waals surface area contributed by atoms with Gasteiger partial charge in [0.1, 0.15) is 5.82 Å². The van der Waals surface area contributed by atoms with Crippen molar-refractivity contribution in [2.45, 2.75) is 6.04 Å². The Balaban J connectivity index is 2.60. The number of halogens is 1. The first-order valence-corrected chi connectivity index (χ1v) is 5.30. The first-order valence-electron chi connectivity index (χ1n) is 5.30. The second-order valence-electron chi connectivity index (χ2n) is 3.91. The summed E-state index contributed by atoms with van der Waals surface area (Å²) >= 11 is 0. The van der Waals surface area contributed by atoms with Crippen LogP contribution in [0.5, 0.6) is 0 Å². The van der Waals surface area contributed by atoms with Gasteiger partial charge in [-0.3, -0.25) is 4.79 Å². The zero-order valence-electron chi connectivity index (χ0n) is 10.0. The van der Waals surface area contributed by atoms with E-state index < -0.39 is 0 Å². The average molecular weight is 240 g/mol. The van der Waals surface area contributed by atoms with Crippen LogP contribution in [0.4, 0.5) is 4.39 Å². The zero-order chi connectivity index (χ0) is 12.8. The average Bonchev–Trinajstić information content (AvgIpc) is 2.29. The summed E-state index contributed by atoms with van der Waals surface area (Å²) in [7, 11) is 3.21. The molecule has 1 atom stereocenters. The molecule has 1 amide bonds. The number of ether oxygens (including phenoxy) is 1. The third kappa shape index (κ3) is 4.13. The molecule has 17 heavy (non-hydrogen) atoms. The van der Waals surface area contributed by atoms with Crippen molar-refractivity contribution in [3.63, 3.8) is 0 Å². The molecule has 1 rings (SSSR count). The van der Waals surface area contributed by atoms with Crippen LogP contribution in [-0.2, 0) is 4.74 Å². The maximum Gasteiger partial charge on any atom is 0.253 e. The third-order valence-electron chi connectivity index (χ3n) is 2.33. The number of nitrogens with zero attached hydrogens (tertiary/aromatic N) is 1. The van der Waals surface area contributed by atoms with Crippen LogP contribution in [0.3, 0.4) is 0 Å². The van der Waals surface area contributed by atoms with Crippen molar-refractivity contribution >= 4 is 5.91 Å². The summed E-state index contributed by atoms with van der Waals surface area (Å²) in [6, 6.07) is 5.20. The topological polar surface area (TPSA) is 55.6 Å². The number of benzene rings is 1. The number of methoxy groups -OCH3 is 1. The molecule has 0 fully saturated rings. The van der Waals surface area contributed by atoms with E-state index in [1.165, 1.54) is 29.2 Å². The molecule has 4 nitrogen and oxygen atoms in total. The van der Waals surface area contributed by atoms with E-state index in [0.717, 1.165) is 0 Å². The normalized spacial score (nSPS) is 12.2. The predicted octanol–water partition coefficient (Wildman–Crippen LogP) is 0.871. The van der Waals surface area contributed by atoms with E-state index in [9.17, 15) is 9.18 Å². The van der Waals surface area contributed by atoms with Gasteiger partial charge >= 0.3 is 0 Å². The van der Waals surface area contributed by atoms with E-state index in [2.05, 4.69) is 0 Å². The number of hydrogen-bond donors (Lipinski definition) is 1. The standard InChI is InChI=1S/C12H17FN2O2/c1-15(7-11(14)8-17-2)12(16)9-3-5-10(13)6-4-9/h3-6,11H,7-8,14H2,1-2H3. The quantitative estimate of drug-likeness (QED) is 0.831. The van der Waals surface area contributed by atoms with Gasteiger partial charge in [0.2, 0.25) is 0 Å². The van der Waals surface area contributed by atoms with Crippen LogP contribution < -0.4 is 5.73 Å². The van der Waals surface area contributed by atoms with Crippen LogP contribution in [0, 0.1) is 5.82 Å². The van der Waals surface area contributed by atoms with Crippen LogP contribution in [0.25, 0.3) is 0 Å². The first kappa shape index (κ1) is 13.6. The van der Waals surface area contributed by atoms with Crippen molar-refractivity contribution < 1.29 is 13.9 Å². The summed E-state index contributed by atoms with van der Waals surface area (Å²) in [6.45, 7) is 0.783. The van der Waals surface area contributed by atoms with E-state index in [0.29, 0.717) is 18.7 Å². The van der Waals surface area contributed by atoms with Gasteiger partial charge in [-0.1, -0.05) is 0 Å². The lowest BCUT2D eigenvalue weighted by Gasteiger charge is -2.21. The molecule has 0 heterocycles. The van der Waals surface area contributed by atoms with E-state index >= 15 is 0 Å². The number of nitrogens with two attached hydrogens (primary N) is 1. The highest BCUT2D eigenvalue weighted by atomic mass is 19.1. The molecule has 94 valence electrons. The van der Waals surface area contributed by atoms with E-state index in [4.69, 9.17) is 10.5 Å². The highest BCUT2D eigenvalue weighted by molar-refractivity contribution is 5.94. The lowest BCUT2D eigenvalue weighted by molar-refractivity contribution is 0.0764. The van der Waals surface area contributed by atoms with Crippen molar-refractivity contribution in [2.24, 2.45) is 5.73 Å². The number of rotatable bonds is 5. The SMILES string of the molecule is COCC(N)CN(C)C(=O)c1ccc(F)cc1. The van der Waals surface area contributed by atoms with Crippen LogP contribution in [0.1, 0.15) is 10.4 Å². The molecular formula is C12H17FN2O2. The Kier molecular flexibility index (Phi) is 5.06. The van der Waals surface area contributed by atoms with E-state index in [1.54, 1.807) is 14.2 Å². The number of likely N-dealkylation sites (N-methyl/N-ethyl adjacent to an activating group) is 1. The lowest BCUT2D eigenvalue weighted by Crippen LogP contribution is -2.41. The van der Waals surface area contributed by atoms with Gasteiger partial charge in [-0.25, -0.2) is 4.39 Å². The molecular weight excluding hydrogens is 223 g/mol. The second kappa shape index (κ2) is 6.32. The van der Waals surface area contributed by atoms with Gasteiger partial charge in [-0.2, -0.15) is 0 Å². The molecule has 0 aromatic heterocycles. The van der Waals surface area contributed by atoms with Gasteiger partial charge in [0.15, 0.2) is 0 Å². The Morgan fingerprint density at radius 3 is 2.59 bits per heavy atom. The number of hydrogen-bond acceptors (Lipinski definition) is 3. The van der Waals surface area contributed by atoms with Crippen LogP contribution in [-0.4, -0.2) is 44.2 Å². The van der Waals surface area contributed by atoms with Gasteiger partial charge in [0.05, 0.1) is 6.61 Å². The Labute approximate surface area is 100 Å². The number of carbonyl (C=O) groups excluding carboxylic acids is 1. The van der Waals surface area contributed by atoms with Crippen LogP contribution >= 0.6 is 0 Å². The molecule has 2 N–H and O–H groups in total. The Morgan fingerprint density at radius 1 is 1.47 bits per heavy atom. The van der Waals surface area contributed by atoms with E-state index in [1.807, 2.05) is 0 Å². The molecule has 1 unspecified atom stereocenters. The predicted molar refractivity (Wildman–Crippen MR) is 63.2 cm³/mol. The summed E-state index contributed by atoms with van der Waals surface area (Å²) in [4.78, 5) is 13.4. The molecule has 0 bridgehead atoms. The van der Waals surface area contributed by atoms with Gasteiger partial charge in [-0.15, -0.1) is 0 Å². The first-order chi connectivity index (χ1) is 8.04. The molecule has 0 aliphatic rings. The monoisotopic (exact) mass is 240 g/mol. The molecule has 0 saturated carbocycles. The lowest BCUT2D eigenvalue weighted by atomic mass is 10.2. The fraction of sp³-hybridized carbons (Fsp3) is 0.417. The van der Waals surface area contributed by atoms with E-state index in [-0.39, 0.29) is 17.8 Å². The largest absolute Gasteiger partial charge is 0.383 e. The number of carbonyl (C=O) groups is 1. The highest BCUT2D eigenvalue weighted by Gasteiger charge is 2.14. The minimum absolute atomic E-state index is 0.184. The fourth-order valence-electron chi connectivity index (χ4n) is 1.51. The third-order valence-corrected chi connectivity index (χ3v) is 2.33. The van der Waals surface area contributed by atoms with Crippen molar-refractivity contribution in [2.75, 3.05) is 27.3 Å². The summed E-state index contributed by atoms with van der Waals surface area (Å²) in [6.07, 6.45) is 0. The maximum atomic E-state index is 12.7. The Morgan fingerprint density at radius 2 is 2.06 bits per heavy atom. The zero-order valence-corrected chi connectivity index (χ0v) is 10.0. The second-order valence-corrected chi connectivity index (χ2v) is 3.91. The van der Waals surface area contributed by atoms with Crippen molar-refractivity contribution in [1.82, 2.24) is 4.90 Å². The van der Waals surface area contributed by atoms with Crippen molar-refractivity contribution in [3.8, 4) is 0 Å². The summed E-state index contributed by atoms with van der Waals surface area (Å²) < 4.78 is 17.6. The minimum atomic E-state index is -0.361. The van der Waals surface area contributed by atoms with Crippen molar-refractivity contribution in [1.29, 1.82) is 0 Å². The molecule has 1 aromatic rings. The Bertz CT molecular complexity index is 367. The van der Waals surface area contributed by atoms with Crippen LogP contribution in [0.15, 0.2) is 24.3 Å². The summed E-state index contributed by atoms with van der Waals surface area (Å²) in [5.74, 6) is -0.545. The summed E-state index contributed by atoms with van der Waals surface area (Å²) in [5, 5.41) is 0. The highest BCUT2D eigenvalue weighted by Crippen LogP contribution is 2.06. The molecule has 0 spiro atoms. The fourth-order valence-corrected chi connectivity index (χ4v) is 1.51. The van der Waals surface area contributed by atoms with Gasteiger partial charge in [-0.05, 0) is 24.3 Å². The van der Waals surface area contributed by atoms with Crippen LogP contribution in [0.2, 0.25) is 0 Å². The minimum Gasteiger partial charge on any atom is -0.383 e. The molecule has 0 aliphatic heterocycles. The van der Waals surface area contributed by atoms with Gasteiger partial charge in [0.25, 0.3) is 5.91 Å². The molecule has 5 heteroatoms. The Hall–Kier alpha value is -1.46. The van der Waals surface area contributed by atoms with Gasteiger partial charge < -0.3 is 15.4 Å². The molecule has 0 radical (unpaired) electrons. The molecule has 0 saturated heterocycles. The molecule has 1 aromatic carbocycles. The molecule has 0 aliphatic carbocycles. The van der Waals surface area contributed by atoms with Crippen molar-refractivity contribution in [3.05, 3.63) is 35.6 Å².